The molecule has 0 amide bonds. The molecular weight excluding hydrogens is 274 g/mol. The lowest BCUT2D eigenvalue weighted by Gasteiger charge is -2.06. The molecule has 0 N–H and O–H groups in total. The van der Waals surface area contributed by atoms with Crippen molar-refractivity contribution in [3.63, 3.8) is 0 Å². The molecule has 20 heavy (non-hydrogen) atoms. The van der Waals surface area contributed by atoms with Gasteiger partial charge in [0.2, 0.25) is 0 Å². The Morgan fingerprint density at radius 2 is 2.30 bits per heavy atom. The second kappa shape index (κ2) is 6.22. The monoisotopic (exact) mass is 287 g/mol. The largest absolute Gasteiger partial charge is 0.496 e. The van der Waals surface area contributed by atoms with E-state index < -0.39 is 5.97 Å². The number of terminal acetylenes is 1. The Morgan fingerprint density at radius 3 is 2.95 bits per heavy atom. The molecule has 0 bridgehead atoms. The van der Waals surface area contributed by atoms with Crippen LogP contribution in [0.1, 0.15) is 23.0 Å². The number of rotatable bonds is 4. The number of aromatic nitrogens is 1. The van der Waals surface area contributed by atoms with Crippen molar-refractivity contribution in [3.8, 4) is 28.7 Å². The average Bonchev–Trinajstić information content (AvgIpc) is 2.96. The number of carbonyl (C=O) groups excluding carboxylic acids is 1. The molecule has 0 saturated carbocycles. The van der Waals surface area contributed by atoms with E-state index >= 15 is 0 Å². The SMILES string of the molecule is C#Cc1ccc(OC)c(-c2nc(C(=O)OCC)cs2)c1. The second-order valence-electron chi connectivity index (χ2n) is 3.82. The number of benzene rings is 1. The number of carbonyl (C=O) groups is 1. The zero-order valence-electron chi connectivity index (χ0n) is 11.2. The van der Waals surface area contributed by atoms with Gasteiger partial charge in [-0.05, 0) is 25.1 Å². The first kappa shape index (κ1) is 14.1. The summed E-state index contributed by atoms with van der Waals surface area (Å²) in [6.45, 7) is 2.08. The lowest BCUT2D eigenvalue weighted by molar-refractivity contribution is 0.0520. The van der Waals surface area contributed by atoms with Gasteiger partial charge in [0.15, 0.2) is 5.69 Å². The van der Waals surface area contributed by atoms with Crippen LogP contribution in [0.3, 0.4) is 0 Å². The minimum absolute atomic E-state index is 0.292. The Labute approximate surface area is 121 Å². The number of hydrogen-bond acceptors (Lipinski definition) is 5. The summed E-state index contributed by atoms with van der Waals surface area (Å²) in [7, 11) is 1.58. The van der Waals surface area contributed by atoms with Crippen LogP contribution in [0.5, 0.6) is 5.75 Å². The van der Waals surface area contributed by atoms with Crippen LogP contribution in [-0.4, -0.2) is 24.7 Å². The first-order valence-corrected chi connectivity index (χ1v) is 6.85. The number of ether oxygens (including phenoxy) is 2. The molecule has 0 fully saturated rings. The van der Waals surface area contributed by atoms with Gasteiger partial charge < -0.3 is 9.47 Å². The first-order valence-electron chi connectivity index (χ1n) is 5.97. The first-order chi connectivity index (χ1) is 9.69. The fourth-order valence-electron chi connectivity index (χ4n) is 1.66. The molecular formula is C15H13NO3S. The van der Waals surface area contributed by atoms with E-state index in [0.29, 0.717) is 23.1 Å². The van der Waals surface area contributed by atoms with Crippen LogP contribution in [0.25, 0.3) is 10.6 Å². The molecule has 0 aliphatic rings. The summed E-state index contributed by atoms with van der Waals surface area (Å²) >= 11 is 1.35. The van der Waals surface area contributed by atoms with Crippen LogP contribution in [0.4, 0.5) is 0 Å². The summed E-state index contributed by atoms with van der Waals surface area (Å²) in [6, 6.07) is 5.39. The van der Waals surface area contributed by atoms with E-state index in [1.54, 1.807) is 31.5 Å². The number of thiazole rings is 1. The number of esters is 1. The number of hydrogen-bond donors (Lipinski definition) is 0. The molecule has 4 nitrogen and oxygen atoms in total. The molecule has 1 heterocycles. The summed E-state index contributed by atoms with van der Waals surface area (Å²) in [5.74, 6) is 2.80. The summed E-state index contributed by atoms with van der Waals surface area (Å²) in [6.07, 6.45) is 5.40. The van der Waals surface area contributed by atoms with E-state index in [1.165, 1.54) is 11.3 Å². The van der Waals surface area contributed by atoms with Gasteiger partial charge in [0.25, 0.3) is 0 Å². The number of nitrogens with zero attached hydrogens (tertiary/aromatic N) is 1. The molecule has 1 aromatic carbocycles. The van der Waals surface area contributed by atoms with Gasteiger partial charge in [0.1, 0.15) is 10.8 Å². The molecule has 0 atom stereocenters. The summed E-state index contributed by atoms with van der Waals surface area (Å²) in [5, 5.41) is 2.33. The van der Waals surface area contributed by atoms with Crippen LogP contribution >= 0.6 is 11.3 Å². The predicted octanol–water partition coefficient (Wildman–Crippen LogP) is 2.98. The summed E-state index contributed by atoms with van der Waals surface area (Å²) in [5.41, 5.74) is 1.79. The average molecular weight is 287 g/mol. The van der Waals surface area contributed by atoms with Crippen molar-refractivity contribution in [1.29, 1.82) is 0 Å². The highest BCUT2D eigenvalue weighted by atomic mass is 32.1. The van der Waals surface area contributed by atoms with Gasteiger partial charge in [-0.2, -0.15) is 0 Å². The maximum absolute atomic E-state index is 11.6. The Hall–Kier alpha value is -2.32. The maximum Gasteiger partial charge on any atom is 0.357 e. The van der Waals surface area contributed by atoms with Gasteiger partial charge in [-0.15, -0.1) is 17.8 Å². The molecule has 0 radical (unpaired) electrons. The fourth-order valence-corrected chi connectivity index (χ4v) is 2.47. The van der Waals surface area contributed by atoms with E-state index in [9.17, 15) is 4.79 Å². The third-order valence-corrected chi connectivity index (χ3v) is 3.46. The highest BCUT2D eigenvalue weighted by molar-refractivity contribution is 7.13. The Bertz CT molecular complexity index is 670. The van der Waals surface area contributed by atoms with Crippen molar-refractivity contribution in [2.24, 2.45) is 0 Å². The van der Waals surface area contributed by atoms with Crippen molar-refractivity contribution in [3.05, 3.63) is 34.8 Å². The zero-order valence-corrected chi connectivity index (χ0v) is 12.0. The van der Waals surface area contributed by atoms with E-state index in [0.717, 1.165) is 11.1 Å². The maximum atomic E-state index is 11.6. The van der Waals surface area contributed by atoms with E-state index in [4.69, 9.17) is 15.9 Å². The standard InChI is InChI=1S/C15H13NO3S/c1-4-10-6-7-13(18-3)11(8-10)14-16-12(9-20-14)15(17)19-5-2/h1,6-9H,5H2,2-3H3. The van der Waals surface area contributed by atoms with E-state index in [1.807, 2.05) is 6.07 Å². The molecule has 0 aliphatic heterocycles. The van der Waals surface area contributed by atoms with Gasteiger partial charge in [0.05, 0.1) is 19.3 Å². The zero-order chi connectivity index (χ0) is 14.5. The second-order valence-corrected chi connectivity index (χ2v) is 4.68. The van der Waals surface area contributed by atoms with Gasteiger partial charge in [-0.25, -0.2) is 9.78 Å². The van der Waals surface area contributed by atoms with Crippen LogP contribution in [0, 0.1) is 12.3 Å². The lowest BCUT2D eigenvalue weighted by Crippen LogP contribution is -2.04. The van der Waals surface area contributed by atoms with E-state index in [2.05, 4.69) is 10.9 Å². The Kier molecular flexibility index (Phi) is 4.38. The molecule has 5 heteroatoms. The highest BCUT2D eigenvalue weighted by Crippen LogP contribution is 2.33. The van der Waals surface area contributed by atoms with Crippen molar-refractivity contribution in [2.45, 2.75) is 6.92 Å². The van der Waals surface area contributed by atoms with Crippen molar-refractivity contribution >= 4 is 17.3 Å². The fraction of sp³-hybridized carbons (Fsp3) is 0.200. The molecule has 0 aliphatic carbocycles. The van der Waals surface area contributed by atoms with Gasteiger partial charge >= 0.3 is 5.97 Å². The molecule has 1 aromatic heterocycles. The molecule has 0 spiro atoms. The lowest BCUT2D eigenvalue weighted by atomic mass is 10.1. The van der Waals surface area contributed by atoms with Gasteiger partial charge in [-0.3, -0.25) is 0 Å². The quantitative estimate of drug-likeness (QED) is 0.640. The minimum Gasteiger partial charge on any atom is -0.496 e. The molecule has 2 rings (SSSR count). The highest BCUT2D eigenvalue weighted by Gasteiger charge is 2.15. The molecule has 0 unspecified atom stereocenters. The topological polar surface area (TPSA) is 48.4 Å². The summed E-state index contributed by atoms with van der Waals surface area (Å²) < 4.78 is 10.2. The molecule has 102 valence electrons. The Balaban J connectivity index is 2.41. The van der Waals surface area contributed by atoms with Crippen molar-refractivity contribution in [1.82, 2.24) is 4.98 Å². The van der Waals surface area contributed by atoms with Crippen molar-refractivity contribution < 1.29 is 14.3 Å². The van der Waals surface area contributed by atoms with Gasteiger partial charge in [-0.1, -0.05) is 5.92 Å². The minimum atomic E-state index is -0.429. The summed E-state index contributed by atoms with van der Waals surface area (Å²) in [4.78, 5) is 15.9. The third kappa shape index (κ3) is 2.81. The smallest absolute Gasteiger partial charge is 0.357 e. The van der Waals surface area contributed by atoms with E-state index in [-0.39, 0.29) is 0 Å². The Morgan fingerprint density at radius 1 is 1.50 bits per heavy atom. The van der Waals surface area contributed by atoms with Crippen LogP contribution < -0.4 is 4.74 Å². The number of methoxy groups -OCH3 is 1. The normalized spacial score (nSPS) is 9.85. The molecule has 0 saturated heterocycles. The van der Waals surface area contributed by atoms with Crippen LogP contribution in [0.15, 0.2) is 23.6 Å². The predicted molar refractivity (Wildman–Crippen MR) is 78.0 cm³/mol. The third-order valence-electron chi connectivity index (χ3n) is 2.59. The van der Waals surface area contributed by atoms with Crippen molar-refractivity contribution in [2.75, 3.05) is 13.7 Å². The van der Waals surface area contributed by atoms with Crippen LogP contribution in [-0.2, 0) is 4.74 Å². The van der Waals surface area contributed by atoms with Crippen LogP contribution in [0.2, 0.25) is 0 Å². The van der Waals surface area contributed by atoms with Gasteiger partial charge in [0, 0.05) is 10.9 Å². The molecule has 2 aromatic rings.